The van der Waals surface area contributed by atoms with Crippen LogP contribution in [-0.2, 0) is 17.7 Å². The molecule has 2 saturated heterocycles. The van der Waals surface area contributed by atoms with Crippen LogP contribution in [0.15, 0.2) is 35.1 Å². The summed E-state index contributed by atoms with van der Waals surface area (Å²) >= 11 is 0. The molecule has 0 spiro atoms. The van der Waals surface area contributed by atoms with Crippen LogP contribution in [0.3, 0.4) is 0 Å². The summed E-state index contributed by atoms with van der Waals surface area (Å²) in [6, 6.07) is 9.02. The fraction of sp³-hybridized carbons (Fsp3) is 0.478. The molecule has 9 heteroatoms. The van der Waals surface area contributed by atoms with Gasteiger partial charge in [0.15, 0.2) is 0 Å². The van der Waals surface area contributed by atoms with Crippen molar-refractivity contribution in [2.45, 2.75) is 51.9 Å². The number of ether oxygens (including phenoxy) is 1. The quantitative estimate of drug-likeness (QED) is 0.548. The van der Waals surface area contributed by atoms with E-state index in [0.717, 1.165) is 24.0 Å². The second-order valence-electron chi connectivity index (χ2n) is 8.82. The van der Waals surface area contributed by atoms with Crippen molar-refractivity contribution in [3.63, 3.8) is 0 Å². The molecule has 0 saturated carbocycles. The topological polar surface area (TPSA) is 125 Å². The summed E-state index contributed by atoms with van der Waals surface area (Å²) in [6.45, 7) is 5.01. The van der Waals surface area contributed by atoms with Gasteiger partial charge in [0.05, 0.1) is 6.04 Å². The van der Waals surface area contributed by atoms with Crippen LogP contribution in [-0.4, -0.2) is 34.7 Å². The van der Waals surface area contributed by atoms with Crippen molar-refractivity contribution in [1.82, 2.24) is 25.9 Å². The third-order valence-electron chi connectivity index (χ3n) is 5.78. The van der Waals surface area contributed by atoms with Gasteiger partial charge in [0.1, 0.15) is 11.9 Å². The number of amides is 3. The monoisotopic (exact) mass is 439 g/mol. The Balaban J connectivity index is 1.45. The third-order valence-corrected chi connectivity index (χ3v) is 5.78. The van der Waals surface area contributed by atoms with Gasteiger partial charge in [-0.2, -0.15) is 4.98 Å². The average molecular weight is 440 g/mol. The molecule has 0 aliphatic carbocycles. The minimum Gasteiger partial charge on any atom is -0.358 e. The summed E-state index contributed by atoms with van der Waals surface area (Å²) in [7, 11) is 0. The first-order valence-corrected chi connectivity index (χ1v) is 11.0. The largest absolute Gasteiger partial charge is 0.358 e. The van der Waals surface area contributed by atoms with Gasteiger partial charge in [-0.3, -0.25) is 4.79 Å². The molecule has 4 N–H and O–H groups in total. The SMILES string of the molecule is CC(C)Cc1cc(C(=O)NCc2cccc([C@@H]3NC(=O)N[C@H]4OCCC[C@H]43)c2)nc(=O)[nH]1. The van der Waals surface area contributed by atoms with Crippen LogP contribution in [0, 0.1) is 11.8 Å². The van der Waals surface area contributed by atoms with E-state index in [9.17, 15) is 14.4 Å². The molecule has 32 heavy (non-hydrogen) atoms. The van der Waals surface area contributed by atoms with Gasteiger partial charge in [0.25, 0.3) is 5.91 Å². The maximum atomic E-state index is 12.6. The Morgan fingerprint density at radius 3 is 2.91 bits per heavy atom. The molecule has 0 unspecified atom stereocenters. The molecule has 3 atom stereocenters. The molecule has 0 bridgehead atoms. The number of carbonyl (C=O) groups excluding carboxylic acids is 2. The number of nitrogens with one attached hydrogen (secondary N) is 4. The minimum absolute atomic E-state index is 0.105. The Kier molecular flexibility index (Phi) is 6.55. The number of aromatic nitrogens is 2. The predicted molar refractivity (Wildman–Crippen MR) is 118 cm³/mol. The Morgan fingerprint density at radius 2 is 2.09 bits per heavy atom. The number of H-pyrrole nitrogens is 1. The van der Waals surface area contributed by atoms with Crippen molar-refractivity contribution < 1.29 is 14.3 Å². The second kappa shape index (κ2) is 9.52. The molecule has 2 fully saturated rings. The lowest BCUT2D eigenvalue weighted by Crippen LogP contribution is -2.58. The van der Waals surface area contributed by atoms with Crippen LogP contribution >= 0.6 is 0 Å². The average Bonchev–Trinajstić information content (AvgIpc) is 2.76. The number of urea groups is 1. The summed E-state index contributed by atoms with van der Waals surface area (Å²) in [5, 5.41) is 8.70. The lowest BCUT2D eigenvalue weighted by molar-refractivity contribution is -0.0602. The Labute approximate surface area is 186 Å². The van der Waals surface area contributed by atoms with Gasteiger partial charge in [-0.25, -0.2) is 9.59 Å². The molecule has 0 radical (unpaired) electrons. The Morgan fingerprint density at radius 1 is 1.25 bits per heavy atom. The molecule has 2 aliphatic heterocycles. The Bertz CT molecular complexity index is 1050. The summed E-state index contributed by atoms with van der Waals surface area (Å²) < 4.78 is 5.74. The predicted octanol–water partition coefficient (Wildman–Crippen LogP) is 2.00. The number of aromatic amines is 1. The normalized spacial score (nSPS) is 22.6. The van der Waals surface area contributed by atoms with E-state index >= 15 is 0 Å². The summed E-state index contributed by atoms with van der Waals surface area (Å²) in [5.74, 6) is 0.0877. The molecule has 3 heterocycles. The number of carbonyl (C=O) groups is 2. The molecule has 9 nitrogen and oxygen atoms in total. The molecular weight excluding hydrogens is 410 g/mol. The number of hydrogen-bond acceptors (Lipinski definition) is 5. The van der Waals surface area contributed by atoms with Crippen molar-refractivity contribution in [3.05, 3.63) is 63.3 Å². The lowest BCUT2D eigenvalue weighted by Gasteiger charge is -2.42. The number of benzene rings is 1. The van der Waals surface area contributed by atoms with Gasteiger partial charge >= 0.3 is 11.7 Å². The maximum absolute atomic E-state index is 12.6. The van der Waals surface area contributed by atoms with Gasteiger partial charge in [-0.1, -0.05) is 38.1 Å². The van der Waals surface area contributed by atoms with Crippen molar-refractivity contribution >= 4 is 11.9 Å². The molecule has 1 aromatic carbocycles. The highest BCUT2D eigenvalue weighted by molar-refractivity contribution is 5.92. The first-order chi connectivity index (χ1) is 15.4. The van der Waals surface area contributed by atoms with E-state index in [2.05, 4.69) is 25.9 Å². The highest BCUT2D eigenvalue weighted by atomic mass is 16.5. The smallest absolute Gasteiger partial charge is 0.345 e. The van der Waals surface area contributed by atoms with Crippen molar-refractivity contribution in [3.8, 4) is 0 Å². The molecule has 2 aliphatic rings. The van der Waals surface area contributed by atoms with Crippen LogP contribution in [0.1, 0.15) is 60.0 Å². The van der Waals surface area contributed by atoms with Crippen LogP contribution in [0.2, 0.25) is 0 Å². The second-order valence-corrected chi connectivity index (χ2v) is 8.82. The van der Waals surface area contributed by atoms with Crippen LogP contribution in [0.4, 0.5) is 4.79 Å². The molecular formula is C23H29N5O4. The van der Waals surface area contributed by atoms with E-state index in [0.29, 0.717) is 24.6 Å². The Hall–Kier alpha value is -3.20. The van der Waals surface area contributed by atoms with E-state index in [1.54, 1.807) is 6.07 Å². The van der Waals surface area contributed by atoms with Crippen LogP contribution in [0.5, 0.6) is 0 Å². The lowest BCUT2D eigenvalue weighted by atomic mass is 9.85. The number of hydrogen-bond donors (Lipinski definition) is 4. The van der Waals surface area contributed by atoms with Gasteiger partial charge < -0.3 is 25.7 Å². The molecule has 4 rings (SSSR count). The fourth-order valence-electron chi connectivity index (χ4n) is 4.39. The third kappa shape index (κ3) is 5.16. The molecule has 170 valence electrons. The van der Waals surface area contributed by atoms with Gasteiger partial charge in [0.2, 0.25) is 0 Å². The van der Waals surface area contributed by atoms with Crippen LogP contribution in [0.25, 0.3) is 0 Å². The number of rotatable bonds is 6. The fourth-order valence-corrected chi connectivity index (χ4v) is 4.39. The standard InChI is InChI=1S/C23H29N5O4/c1-13(2)9-16-11-18(26-22(30)25-16)20(29)24-12-14-5-3-6-15(10-14)19-17-7-4-8-32-21(17)28-23(31)27-19/h3,5-6,10-11,13,17,19,21H,4,7-9,12H2,1-2H3,(H,24,29)(H,25,26,30)(H2,27,28,31)/t17-,19-,21-/m0/s1. The highest BCUT2D eigenvalue weighted by Crippen LogP contribution is 2.34. The van der Waals surface area contributed by atoms with Gasteiger partial charge in [-0.15, -0.1) is 0 Å². The van der Waals surface area contributed by atoms with Crippen molar-refractivity contribution in [2.24, 2.45) is 11.8 Å². The first-order valence-electron chi connectivity index (χ1n) is 11.0. The van der Waals surface area contributed by atoms with Crippen molar-refractivity contribution in [1.29, 1.82) is 0 Å². The summed E-state index contributed by atoms with van der Waals surface area (Å²) in [5.41, 5.74) is 2.14. The number of nitrogens with zero attached hydrogens (tertiary/aromatic N) is 1. The van der Waals surface area contributed by atoms with E-state index < -0.39 is 11.6 Å². The zero-order valence-electron chi connectivity index (χ0n) is 18.3. The zero-order valence-corrected chi connectivity index (χ0v) is 18.3. The maximum Gasteiger partial charge on any atom is 0.345 e. The minimum atomic E-state index is -0.527. The van der Waals surface area contributed by atoms with E-state index in [4.69, 9.17) is 4.74 Å². The highest BCUT2D eigenvalue weighted by Gasteiger charge is 2.39. The van der Waals surface area contributed by atoms with Crippen LogP contribution < -0.4 is 21.6 Å². The van der Waals surface area contributed by atoms with Crippen molar-refractivity contribution in [2.75, 3.05) is 6.61 Å². The molecule has 2 aromatic rings. The van der Waals surface area contributed by atoms with Gasteiger partial charge in [0, 0.05) is 24.8 Å². The van der Waals surface area contributed by atoms with E-state index in [-0.39, 0.29) is 36.5 Å². The first kappa shape index (κ1) is 22.0. The summed E-state index contributed by atoms with van der Waals surface area (Å²) in [6.07, 6.45) is 2.28. The summed E-state index contributed by atoms with van der Waals surface area (Å²) in [4.78, 5) is 43.0. The molecule has 3 amide bonds. The van der Waals surface area contributed by atoms with Gasteiger partial charge in [-0.05, 0) is 42.4 Å². The van der Waals surface area contributed by atoms with E-state index in [1.807, 2.05) is 38.1 Å². The number of fused-ring (bicyclic) bond motifs is 1. The molecule has 1 aromatic heterocycles. The zero-order chi connectivity index (χ0) is 22.7. The van der Waals surface area contributed by atoms with E-state index in [1.165, 1.54) is 0 Å².